The maximum Gasteiger partial charge on any atom is 0.240 e. The summed E-state index contributed by atoms with van der Waals surface area (Å²) in [5.41, 5.74) is 2.92. The summed E-state index contributed by atoms with van der Waals surface area (Å²) >= 11 is 0. The van der Waals surface area contributed by atoms with Gasteiger partial charge in [0.25, 0.3) is 0 Å². The lowest BCUT2D eigenvalue weighted by Gasteiger charge is -2.50. The van der Waals surface area contributed by atoms with Crippen molar-refractivity contribution in [1.29, 1.82) is 0 Å². The zero-order valence-electron chi connectivity index (χ0n) is 11.9. The van der Waals surface area contributed by atoms with E-state index in [1.54, 1.807) is 19.2 Å². The van der Waals surface area contributed by atoms with Crippen molar-refractivity contribution < 1.29 is 13.2 Å². The number of benzene rings is 1. The first kappa shape index (κ1) is 15.2. The zero-order valence-corrected chi connectivity index (χ0v) is 12.7. The number of anilines is 1. The maximum atomic E-state index is 12.3. The molecule has 0 aromatic heterocycles. The smallest absolute Gasteiger partial charge is 0.240 e. The number of hydrogen-bond acceptors (Lipinski definition) is 5. The number of nitrogens with two attached hydrogens (primary N) is 1. The topological polar surface area (TPSA) is 93.4 Å². The lowest BCUT2D eigenvalue weighted by molar-refractivity contribution is -0.0908. The first-order valence-corrected chi connectivity index (χ1v) is 7.91. The van der Waals surface area contributed by atoms with Gasteiger partial charge in [-0.05, 0) is 30.7 Å². The highest BCUT2D eigenvalue weighted by atomic mass is 32.2. The summed E-state index contributed by atoms with van der Waals surface area (Å²) in [6.45, 7) is 4.00. The van der Waals surface area contributed by atoms with Crippen LogP contribution in [0.15, 0.2) is 29.2 Å². The van der Waals surface area contributed by atoms with Gasteiger partial charge in [0.05, 0.1) is 11.0 Å². The molecule has 1 saturated carbocycles. The zero-order chi connectivity index (χ0) is 15.0. The third-order valence-electron chi connectivity index (χ3n) is 4.09. The predicted molar refractivity (Wildman–Crippen MR) is 77.6 cm³/mol. The van der Waals surface area contributed by atoms with Crippen LogP contribution in [0.2, 0.25) is 0 Å². The number of nitrogens with one attached hydrogen (secondary N) is 2. The van der Waals surface area contributed by atoms with E-state index in [9.17, 15) is 8.42 Å². The molecule has 2 unspecified atom stereocenters. The summed E-state index contributed by atoms with van der Waals surface area (Å²) in [5.74, 6) is 5.26. The molecule has 0 radical (unpaired) electrons. The molecule has 4 N–H and O–H groups in total. The van der Waals surface area contributed by atoms with Gasteiger partial charge < -0.3 is 10.2 Å². The van der Waals surface area contributed by atoms with E-state index in [-0.39, 0.29) is 22.5 Å². The Kier molecular flexibility index (Phi) is 4.06. The quantitative estimate of drug-likeness (QED) is 0.558. The Balaban J connectivity index is 2.12. The summed E-state index contributed by atoms with van der Waals surface area (Å²) in [7, 11) is -1.87. The molecule has 1 aliphatic rings. The third-order valence-corrected chi connectivity index (χ3v) is 5.58. The molecule has 0 bridgehead atoms. The number of hydrazine groups is 1. The fourth-order valence-corrected chi connectivity index (χ4v) is 3.88. The van der Waals surface area contributed by atoms with Gasteiger partial charge in [-0.3, -0.25) is 5.84 Å². The van der Waals surface area contributed by atoms with Crippen molar-refractivity contribution in [1.82, 2.24) is 4.72 Å². The van der Waals surface area contributed by atoms with E-state index in [1.165, 1.54) is 12.1 Å². The van der Waals surface area contributed by atoms with E-state index in [2.05, 4.69) is 10.1 Å². The van der Waals surface area contributed by atoms with Crippen LogP contribution in [0.4, 0.5) is 5.69 Å². The van der Waals surface area contributed by atoms with Crippen molar-refractivity contribution in [2.75, 3.05) is 12.5 Å². The summed E-state index contributed by atoms with van der Waals surface area (Å²) in [4.78, 5) is 0.230. The average molecular weight is 299 g/mol. The molecule has 2 atom stereocenters. The van der Waals surface area contributed by atoms with E-state index in [1.807, 2.05) is 13.8 Å². The molecule has 0 amide bonds. The average Bonchev–Trinajstić information content (AvgIpc) is 2.43. The summed E-state index contributed by atoms with van der Waals surface area (Å²) in [5, 5.41) is 0. The van der Waals surface area contributed by atoms with E-state index in [0.29, 0.717) is 12.1 Å². The van der Waals surface area contributed by atoms with Crippen LogP contribution in [0, 0.1) is 5.41 Å². The number of hydrogen-bond donors (Lipinski definition) is 3. The van der Waals surface area contributed by atoms with Gasteiger partial charge in [0.2, 0.25) is 10.0 Å². The van der Waals surface area contributed by atoms with Gasteiger partial charge >= 0.3 is 0 Å². The number of nitrogen functional groups attached to an aromatic ring is 1. The van der Waals surface area contributed by atoms with Crippen molar-refractivity contribution in [2.45, 2.75) is 37.3 Å². The molecule has 1 aromatic carbocycles. The highest BCUT2D eigenvalue weighted by Gasteiger charge is 2.50. The minimum absolute atomic E-state index is 0.0824. The SMILES string of the molecule is COC1CC(NS(=O)(=O)c2ccc(NN)cc2)C1(C)C. The standard InChI is InChI=1S/C13H21N3O3S/c1-13(2)11(8-12(13)19-3)16-20(17,18)10-6-4-9(15-14)5-7-10/h4-7,11-12,15-16H,8,14H2,1-3H3. The molecule has 112 valence electrons. The van der Waals surface area contributed by atoms with Gasteiger partial charge in [-0.2, -0.15) is 0 Å². The lowest BCUT2D eigenvalue weighted by Crippen LogP contribution is -2.61. The first-order chi connectivity index (χ1) is 9.31. The number of rotatable bonds is 5. The van der Waals surface area contributed by atoms with Gasteiger partial charge in [0.1, 0.15) is 0 Å². The van der Waals surface area contributed by atoms with Crippen molar-refractivity contribution >= 4 is 15.7 Å². The first-order valence-electron chi connectivity index (χ1n) is 6.43. The second-order valence-corrected chi connectivity index (χ2v) is 7.34. The Morgan fingerprint density at radius 2 is 1.90 bits per heavy atom. The largest absolute Gasteiger partial charge is 0.381 e. The fraction of sp³-hybridized carbons (Fsp3) is 0.538. The molecule has 1 fully saturated rings. The molecule has 0 aliphatic heterocycles. The van der Waals surface area contributed by atoms with E-state index in [4.69, 9.17) is 10.6 Å². The van der Waals surface area contributed by atoms with Crippen LogP contribution in [0.3, 0.4) is 0 Å². The summed E-state index contributed by atoms with van der Waals surface area (Å²) in [6, 6.07) is 6.18. The highest BCUT2D eigenvalue weighted by molar-refractivity contribution is 7.89. The minimum atomic E-state index is -3.52. The van der Waals surface area contributed by atoms with Crippen LogP contribution in [0.25, 0.3) is 0 Å². The normalized spacial score (nSPS) is 25.0. The fourth-order valence-electron chi connectivity index (χ4n) is 2.47. The Labute approximate surface area is 119 Å². The highest BCUT2D eigenvalue weighted by Crippen LogP contribution is 2.43. The minimum Gasteiger partial charge on any atom is -0.381 e. The van der Waals surface area contributed by atoms with E-state index < -0.39 is 10.0 Å². The second kappa shape index (κ2) is 5.33. The monoisotopic (exact) mass is 299 g/mol. The third kappa shape index (κ3) is 2.67. The Morgan fingerprint density at radius 3 is 2.35 bits per heavy atom. The molecule has 7 heteroatoms. The summed E-state index contributed by atoms with van der Waals surface area (Å²) < 4.78 is 32.7. The Bertz CT molecular complexity index is 569. The molecular weight excluding hydrogens is 278 g/mol. The molecule has 20 heavy (non-hydrogen) atoms. The van der Waals surface area contributed by atoms with Gasteiger partial charge in [-0.15, -0.1) is 0 Å². The molecule has 0 spiro atoms. The van der Waals surface area contributed by atoms with Crippen molar-refractivity contribution in [3.05, 3.63) is 24.3 Å². The lowest BCUT2D eigenvalue weighted by atomic mass is 9.65. The second-order valence-electron chi connectivity index (χ2n) is 5.62. The number of ether oxygens (including phenoxy) is 1. The maximum absolute atomic E-state index is 12.3. The van der Waals surface area contributed by atoms with Crippen LogP contribution >= 0.6 is 0 Å². The van der Waals surface area contributed by atoms with E-state index >= 15 is 0 Å². The molecule has 1 aromatic rings. The summed E-state index contributed by atoms with van der Waals surface area (Å²) in [6.07, 6.45) is 0.768. The molecule has 0 heterocycles. The van der Waals surface area contributed by atoms with Crippen molar-refractivity contribution in [3.8, 4) is 0 Å². The molecule has 6 nitrogen and oxygen atoms in total. The van der Waals surface area contributed by atoms with Crippen molar-refractivity contribution in [2.24, 2.45) is 11.3 Å². The number of sulfonamides is 1. The molecule has 1 aliphatic carbocycles. The van der Waals surface area contributed by atoms with Gasteiger partial charge in [0, 0.05) is 24.3 Å². The van der Waals surface area contributed by atoms with E-state index in [0.717, 1.165) is 0 Å². The van der Waals surface area contributed by atoms with Gasteiger partial charge in [-0.25, -0.2) is 13.1 Å². The molecule has 2 rings (SSSR count). The van der Waals surface area contributed by atoms with Gasteiger partial charge in [0.15, 0.2) is 0 Å². The molecule has 0 saturated heterocycles. The van der Waals surface area contributed by atoms with Gasteiger partial charge in [-0.1, -0.05) is 13.8 Å². The Hall–Kier alpha value is -1.15. The number of methoxy groups -OCH3 is 1. The molecular formula is C13H21N3O3S. The van der Waals surface area contributed by atoms with Crippen LogP contribution in [-0.2, 0) is 14.8 Å². The predicted octanol–water partition coefficient (Wildman–Crippen LogP) is 1.06. The van der Waals surface area contributed by atoms with Crippen LogP contribution in [0.1, 0.15) is 20.3 Å². The van der Waals surface area contributed by atoms with Crippen LogP contribution in [-0.4, -0.2) is 27.7 Å². The van der Waals surface area contributed by atoms with Crippen LogP contribution < -0.4 is 16.0 Å². The van der Waals surface area contributed by atoms with Crippen LogP contribution in [0.5, 0.6) is 0 Å². The Morgan fingerprint density at radius 1 is 1.30 bits per heavy atom. The van der Waals surface area contributed by atoms with Crippen molar-refractivity contribution in [3.63, 3.8) is 0 Å².